The average molecular weight is 728 g/mol. The van der Waals surface area contributed by atoms with Gasteiger partial charge in [0.2, 0.25) is 17.6 Å². The quantitative estimate of drug-likeness (QED) is 0.216. The maximum Gasteiger partial charge on any atom is 0.408 e. The second kappa shape index (κ2) is 13.9. The summed E-state index contributed by atoms with van der Waals surface area (Å²) in [5, 5.41) is 18.5. The Labute approximate surface area is 296 Å². The number of carbonyl (C=O) groups is 4. The Bertz CT molecular complexity index is 1790. The fourth-order valence-electron chi connectivity index (χ4n) is 6.32. The van der Waals surface area contributed by atoms with Crippen LogP contribution in [0.25, 0.3) is 11.4 Å². The summed E-state index contributed by atoms with van der Waals surface area (Å²) in [6.45, 7) is 9.09. The third-order valence-electron chi connectivity index (χ3n) is 9.85. The van der Waals surface area contributed by atoms with Crippen LogP contribution >= 0.6 is 0 Å². The van der Waals surface area contributed by atoms with E-state index >= 15 is 0 Å². The molecule has 0 radical (unpaired) electrons. The van der Waals surface area contributed by atoms with Gasteiger partial charge in [0.15, 0.2) is 0 Å². The van der Waals surface area contributed by atoms with E-state index < -0.39 is 69.0 Å². The summed E-state index contributed by atoms with van der Waals surface area (Å²) >= 11 is 0. The third kappa shape index (κ3) is 8.01. The molecule has 1 aromatic heterocycles. The highest BCUT2D eigenvalue weighted by molar-refractivity contribution is 7.88. The number of carbonyl (C=O) groups excluding carboxylic acids is 4. The second-order valence-electron chi connectivity index (χ2n) is 14.8. The van der Waals surface area contributed by atoms with Crippen molar-refractivity contribution in [2.75, 3.05) is 13.7 Å². The van der Waals surface area contributed by atoms with Crippen LogP contribution < -0.4 is 24.8 Å². The maximum absolute atomic E-state index is 14.4. The summed E-state index contributed by atoms with van der Waals surface area (Å²) in [6, 6.07) is 3.98. The molecule has 18 heteroatoms. The Hall–Kier alpha value is -4.58. The van der Waals surface area contributed by atoms with Gasteiger partial charge in [0, 0.05) is 30.5 Å². The lowest BCUT2D eigenvalue weighted by atomic mass is 9.85. The molecule has 4 N–H and O–H groups in total. The van der Waals surface area contributed by atoms with Crippen molar-refractivity contribution in [2.45, 2.75) is 102 Å². The number of nitrogens with zero attached hydrogens (tertiary/aromatic N) is 5. The van der Waals surface area contributed by atoms with Gasteiger partial charge in [-0.05, 0) is 73.4 Å². The minimum absolute atomic E-state index is 0.0228. The van der Waals surface area contributed by atoms with Crippen LogP contribution in [0, 0.1) is 11.3 Å². The van der Waals surface area contributed by atoms with Crippen LogP contribution in [-0.2, 0) is 29.3 Å². The number of alkyl carbamates (subject to hydrolysis) is 1. The highest BCUT2D eigenvalue weighted by Gasteiger charge is 2.61. The fourth-order valence-corrected chi connectivity index (χ4v) is 7.48. The van der Waals surface area contributed by atoms with Gasteiger partial charge in [0.05, 0.1) is 13.2 Å². The van der Waals surface area contributed by atoms with Gasteiger partial charge in [-0.2, -0.15) is 17.9 Å². The van der Waals surface area contributed by atoms with Gasteiger partial charge in [0.1, 0.15) is 29.5 Å². The van der Waals surface area contributed by atoms with Crippen molar-refractivity contribution in [1.29, 1.82) is 0 Å². The molecular formula is C33H45N9O8S. The molecule has 3 aliphatic carbocycles. The Morgan fingerprint density at radius 3 is 2.37 bits per heavy atom. The lowest BCUT2D eigenvalue weighted by Gasteiger charge is -2.36. The van der Waals surface area contributed by atoms with Crippen molar-refractivity contribution in [1.82, 2.24) is 45.2 Å². The molecule has 6 rings (SSSR count). The summed E-state index contributed by atoms with van der Waals surface area (Å²) in [7, 11) is -2.61. The molecule has 17 nitrogen and oxygen atoms in total. The number of rotatable bonds is 13. The van der Waals surface area contributed by atoms with E-state index in [0.29, 0.717) is 30.0 Å². The Morgan fingerprint density at radius 2 is 1.80 bits per heavy atom. The number of likely N-dealkylation sites (tertiary alicyclic amines) is 1. The van der Waals surface area contributed by atoms with Crippen molar-refractivity contribution in [2.24, 2.45) is 11.3 Å². The van der Waals surface area contributed by atoms with E-state index in [-0.39, 0.29) is 31.5 Å². The van der Waals surface area contributed by atoms with Crippen LogP contribution in [0.2, 0.25) is 0 Å². The van der Waals surface area contributed by atoms with Crippen LogP contribution in [0.15, 0.2) is 36.9 Å². The first-order chi connectivity index (χ1) is 24.1. The molecule has 1 saturated heterocycles. The fraction of sp³-hybridized carbons (Fsp3) is 0.606. The summed E-state index contributed by atoms with van der Waals surface area (Å²) in [5.74, 6) is -1.71. The zero-order valence-electron chi connectivity index (χ0n) is 29.1. The van der Waals surface area contributed by atoms with E-state index in [9.17, 15) is 27.6 Å². The molecule has 1 aliphatic heterocycles. The highest BCUT2D eigenvalue weighted by Crippen LogP contribution is 2.45. The molecule has 51 heavy (non-hydrogen) atoms. The third-order valence-corrected chi connectivity index (χ3v) is 10.9. The van der Waals surface area contributed by atoms with Crippen molar-refractivity contribution in [3.05, 3.63) is 36.9 Å². The molecule has 4 aliphatic rings. The molecule has 3 saturated carbocycles. The molecule has 4 fully saturated rings. The first-order valence-electron chi connectivity index (χ1n) is 17.1. The van der Waals surface area contributed by atoms with Gasteiger partial charge in [-0.15, -0.1) is 16.8 Å². The van der Waals surface area contributed by atoms with Gasteiger partial charge < -0.3 is 25.0 Å². The number of benzene rings is 1. The van der Waals surface area contributed by atoms with Crippen molar-refractivity contribution in [3.63, 3.8) is 0 Å². The van der Waals surface area contributed by atoms with Gasteiger partial charge in [-0.25, -0.2) is 9.52 Å². The number of hydrogen-bond donors (Lipinski definition) is 4. The smallest absolute Gasteiger partial charge is 0.408 e. The lowest BCUT2D eigenvalue weighted by Crippen LogP contribution is -2.60. The standard InChI is InChI=1S/C33H45N9O8S/c1-6-20-17-33(20,30(45)39-51(47,48)38-21-12-13-21)35-28(43)25-16-22(42-37-27(36-40-42)19-10-14-23(49-5)15-11-19)18-41(25)29(44)26(32(2,3)4)34-31(46)50-24-8-7-9-24/h6,10-11,14-15,20-22,24-26,38H,1,7-9,12-13,16-18H2,2-5H3,(H,34,46)(H,35,43)(H,39,45)/t20-,22-,25+,26-,33-/m1/s1. The van der Waals surface area contributed by atoms with Crippen molar-refractivity contribution < 1.29 is 37.1 Å². The van der Waals surface area contributed by atoms with Crippen molar-refractivity contribution in [3.8, 4) is 17.1 Å². The summed E-state index contributed by atoms with van der Waals surface area (Å²) in [6.07, 6.45) is 4.49. The summed E-state index contributed by atoms with van der Waals surface area (Å²) < 4.78 is 40.4. The molecule has 0 spiro atoms. The lowest BCUT2D eigenvalue weighted by molar-refractivity contribution is -0.142. The Morgan fingerprint density at radius 1 is 1.10 bits per heavy atom. The number of amides is 4. The van der Waals surface area contributed by atoms with Crippen LogP contribution in [-0.4, -0.2) is 101 Å². The first-order valence-corrected chi connectivity index (χ1v) is 18.6. The normalized spacial score (nSPS) is 25.3. The largest absolute Gasteiger partial charge is 0.497 e. The minimum Gasteiger partial charge on any atom is -0.497 e. The monoisotopic (exact) mass is 727 g/mol. The Kier molecular flexibility index (Phi) is 9.84. The topological polar surface area (TPSA) is 216 Å². The van der Waals surface area contributed by atoms with Gasteiger partial charge in [-0.3, -0.25) is 14.4 Å². The molecule has 276 valence electrons. The average Bonchev–Trinajstić information content (AvgIpc) is 3.88. The first kappa shape index (κ1) is 36.2. The molecule has 2 heterocycles. The molecule has 5 atom stereocenters. The number of ether oxygens (including phenoxy) is 2. The zero-order chi connectivity index (χ0) is 36.7. The molecular weight excluding hydrogens is 682 g/mol. The van der Waals surface area contributed by atoms with Crippen molar-refractivity contribution >= 4 is 34.0 Å². The van der Waals surface area contributed by atoms with Crippen LogP contribution in [0.1, 0.15) is 71.8 Å². The van der Waals surface area contributed by atoms with Crippen LogP contribution in [0.3, 0.4) is 0 Å². The summed E-state index contributed by atoms with van der Waals surface area (Å²) in [5.41, 5.74) is -1.71. The van der Waals surface area contributed by atoms with Crippen LogP contribution in [0.4, 0.5) is 4.79 Å². The maximum atomic E-state index is 14.4. The molecule has 1 aromatic carbocycles. The number of hydrogen-bond acceptors (Lipinski definition) is 11. The molecule has 4 amide bonds. The SMILES string of the molecule is C=C[C@@H]1C[C@]1(NC(=O)[C@@H]1C[C@@H](n2nnc(-c3ccc(OC)cc3)n2)CN1C(=O)[C@@H](NC(=O)OC1CCC1)C(C)(C)C)C(=O)NS(=O)(=O)NC1CC1. The predicted octanol–water partition coefficient (Wildman–Crippen LogP) is 1.36. The van der Waals surface area contributed by atoms with E-state index in [1.807, 2.05) is 4.72 Å². The van der Waals surface area contributed by atoms with E-state index in [1.165, 1.54) is 15.8 Å². The molecule has 0 unspecified atom stereocenters. The highest BCUT2D eigenvalue weighted by atomic mass is 32.2. The molecule has 0 bridgehead atoms. The second-order valence-corrected chi connectivity index (χ2v) is 16.2. The van der Waals surface area contributed by atoms with Gasteiger partial charge >= 0.3 is 16.3 Å². The van der Waals surface area contributed by atoms with E-state index in [1.54, 1.807) is 52.1 Å². The Balaban J connectivity index is 1.26. The summed E-state index contributed by atoms with van der Waals surface area (Å²) in [4.78, 5) is 57.7. The molecule has 2 aromatic rings. The zero-order valence-corrected chi connectivity index (χ0v) is 29.9. The minimum atomic E-state index is -4.17. The van der Waals surface area contributed by atoms with E-state index in [4.69, 9.17) is 9.47 Å². The van der Waals surface area contributed by atoms with Crippen LogP contribution in [0.5, 0.6) is 5.75 Å². The van der Waals surface area contributed by atoms with Gasteiger partial charge in [-0.1, -0.05) is 26.8 Å². The number of tetrazole rings is 1. The predicted molar refractivity (Wildman–Crippen MR) is 182 cm³/mol. The van der Waals surface area contributed by atoms with E-state index in [2.05, 4.69) is 37.3 Å². The number of nitrogens with one attached hydrogen (secondary N) is 4. The number of aromatic nitrogens is 4. The number of methoxy groups -OCH3 is 1. The van der Waals surface area contributed by atoms with Gasteiger partial charge in [0.25, 0.3) is 5.91 Å². The van der Waals surface area contributed by atoms with E-state index in [0.717, 1.165) is 19.3 Å².